The van der Waals surface area contributed by atoms with Crippen molar-refractivity contribution in [1.29, 1.82) is 0 Å². The van der Waals surface area contributed by atoms with Gasteiger partial charge in [0.1, 0.15) is 35.4 Å². The van der Waals surface area contributed by atoms with E-state index in [1.54, 1.807) is 47.0 Å². The Hall–Kier alpha value is -7.59. The van der Waals surface area contributed by atoms with Gasteiger partial charge in [0.05, 0.1) is 6.04 Å². The number of rotatable bonds is 13. The molecule has 11 N–H and O–H groups in total. The first kappa shape index (κ1) is 49.3. The van der Waals surface area contributed by atoms with Gasteiger partial charge in [0.15, 0.2) is 0 Å². The lowest BCUT2D eigenvalue weighted by Gasteiger charge is -2.27. The van der Waals surface area contributed by atoms with Gasteiger partial charge < -0.3 is 48.5 Å². The zero-order chi connectivity index (χ0) is 49.4. The molecule has 360 valence electrons. The zero-order valence-electron chi connectivity index (χ0n) is 39.7. The van der Waals surface area contributed by atoms with E-state index < -0.39 is 41.8 Å². The number of nitrogens with one attached hydrogen (secondary N) is 5. The van der Waals surface area contributed by atoms with Crippen molar-refractivity contribution >= 4 is 62.9 Å². The van der Waals surface area contributed by atoms with Crippen molar-refractivity contribution in [1.82, 2.24) is 36.6 Å². The van der Waals surface area contributed by atoms with Crippen LogP contribution in [0.4, 0.5) is 16.4 Å². The maximum absolute atomic E-state index is 13.4. The summed E-state index contributed by atoms with van der Waals surface area (Å²) in [6.45, 7) is 9.21. The second-order valence-electron chi connectivity index (χ2n) is 18.9. The average Bonchev–Trinajstić information content (AvgIpc) is 3.96. The van der Waals surface area contributed by atoms with Gasteiger partial charge in [-0.1, -0.05) is 72.8 Å². The lowest BCUT2D eigenvalue weighted by Crippen LogP contribution is -2.56. The summed E-state index contributed by atoms with van der Waals surface area (Å²) in [7, 11) is 0. The minimum atomic E-state index is -0.855. The summed E-state index contributed by atoms with van der Waals surface area (Å²) in [6.07, 6.45) is 5.49. The molecule has 2 heterocycles. The van der Waals surface area contributed by atoms with Crippen LogP contribution in [-0.2, 0) is 62.7 Å². The van der Waals surface area contributed by atoms with Gasteiger partial charge in [-0.3, -0.25) is 19.2 Å². The molecule has 0 unspecified atom stereocenters. The smallest absolute Gasteiger partial charge is 0.408 e. The van der Waals surface area contributed by atoms with Crippen LogP contribution in [0.5, 0.6) is 0 Å². The lowest BCUT2D eigenvalue weighted by atomic mass is 9.95. The number of amides is 5. The highest BCUT2D eigenvalue weighted by Gasteiger charge is 2.37. The molecule has 2 aromatic heterocycles. The Morgan fingerprint density at radius 3 is 1.45 bits per heavy atom. The van der Waals surface area contributed by atoms with E-state index in [-0.39, 0.29) is 36.1 Å². The SMILES string of the molecule is C[C@H](NC(=O)[C@H](N)C1Cc2ccccc2C1)C(=O)NCc1ccc2c(N)nccc2c1.C[C@H](NC(=O)[C@H](NC(=O)OC(C)(C)C)C1Cc2ccccc2C1)C(=O)NCc1ccc2c(N)nccc2c1. The molecule has 0 radical (unpaired) electrons. The van der Waals surface area contributed by atoms with Crippen LogP contribution in [0.2, 0.25) is 0 Å². The highest BCUT2D eigenvalue weighted by Crippen LogP contribution is 2.30. The van der Waals surface area contributed by atoms with E-state index in [1.807, 2.05) is 84.9 Å². The minimum absolute atomic E-state index is 0.0483. The summed E-state index contributed by atoms with van der Waals surface area (Å²) in [5.74, 6) is -0.496. The van der Waals surface area contributed by atoms with E-state index in [0.717, 1.165) is 56.6 Å². The van der Waals surface area contributed by atoms with E-state index in [0.29, 0.717) is 31.0 Å². The second-order valence-corrected chi connectivity index (χ2v) is 18.9. The largest absolute Gasteiger partial charge is 0.444 e. The van der Waals surface area contributed by atoms with Gasteiger partial charge in [-0.15, -0.1) is 0 Å². The van der Waals surface area contributed by atoms with Crippen LogP contribution in [-0.4, -0.2) is 69.5 Å². The third kappa shape index (κ3) is 12.7. The first-order valence-electron chi connectivity index (χ1n) is 23.2. The summed E-state index contributed by atoms with van der Waals surface area (Å²) < 4.78 is 5.41. The number of anilines is 2. The molecule has 0 spiro atoms. The van der Waals surface area contributed by atoms with Crippen molar-refractivity contribution in [2.45, 2.75) is 103 Å². The van der Waals surface area contributed by atoms with Crippen molar-refractivity contribution in [3.63, 3.8) is 0 Å². The third-order valence-corrected chi connectivity index (χ3v) is 12.6. The van der Waals surface area contributed by atoms with E-state index in [4.69, 9.17) is 21.9 Å². The number of ether oxygens (including phenoxy) is 1. The molecule has 2 aliphatic carbocycles. The van der Waals surface area contributed by atoms with Gasteiger partial charge in [-0.05, 0) is 141 Å². The van der Waals surface area contributed by atoms with Crippen LogP contribution < -0.4 is 43.8 Å². The average molecular weight is 935 g/mol. The number of nitrogens with two attached hydrogens (primary N) is 3. The Labute approximate surface area is 401 Å². The first-order chi connectivity index (χ1) is 32.9. The number of carbonyl (C=O) groups is 5. The number of aromatic nitrogens is 2. The molecule has 8 rings (SSSR count). The number of alkyl carbamates (subject to hydrolysis) is 1. The number of nitrogens with zero attached hydrogens (tertiary/aromatic N) is 2. The number of carbonyl (C=O) groups excluding carboxylic acids is 5. The molecule has 0 fully saturated rings. The third-order valence-electron chi connectivity index (χ3n) is 12.6. The quantitative estimate of drug-likeness (QED) is 0.0771. The maximum Gasteiger partial charge on any atom is 0.408 e. The molecular formula is C53H62N10O6. The van der Waals surface area contributed by atoms with Gasteiger partial charge in [-0.25, -0.2) is 14.8 Å². The molecule has 2 aliphatic rings. The van der Waals surface area contributed by atoms with Crippen LogP contribution in [0.25, 0.3) is 21.5 Å². The number of fused-ring (bicyclic) bond motifs is 4. The summed E-state index contributed by atoms with van der Waals surface area (Å²) in [6, 6.07) is 28.3. The van der Waals surface area contributed by atoms with Gasteiger partial charge in [-0.2, -0.15) is 0 Å². The summed E-state index contributed by atoms with van der Waals surface area (Å²) in [5, 5.41) is 17.6. The van der Waals surface area contributed by atoms with Crippen LogP contribution in [0.1, 0.15) is 68.0 Å². The highest BCUT2D eigenvalue weighted by atomic mass is 16.6. The zero-order valence-corrected chi connectivity index (χ0v) is 39.7. The molecule has 6 aromatic rings. The van der Waals surface area contributed by atoms with Crippen LogP contribution in [0.3, 0.4) is 0 Å². The van der Waals surface area contributed by atoms with Crippen molar-refractivity contribution in [3.8, 4) is 0 Å². The van der Waals surface area contributed by atoms with Gasteiger partial charge >= 0.3 is 6.09 Å². The predicted molar refractivity (Wildman–Crippen MR) is 267 cm³/mol. The standard InChI is InChI=1S/C29H35N5O4.C24H27N5O2/c1-17(26(35)32-16-18-9-10-23-21(13-18)11-12-31-25(23)30)33-27(36)24(34-28(37)38-29(2,3)4)22-14-19-7-5-6-8-20(19)15-22;1-14(29-24(31)21(25)19-11-16-4-2-3-5-17(16)12-19)23(30)28-13-15-6-7-20-18(10-15)8-9-27-22(20)26/h5-13,17,22,24H,14-16H2,1-4H3,(H2,30,31)(H,32,35)(H,33,36)(H,34,37);2-10,14,19,21H,11-13,25H2,1H3,(H2,26,27)(H,28,30)(H,29,31)/t17-,24+;14-,21+/m00/s1. The minimum Gasteiger partial charge on any atom is -0.444 e. The number of hydrogen-bond donors (Lipinski definition) is 8. The van der Waals surface area contributed by atoms with Crippen molar-refractivity contribution in [2.24, 2.45) is 17.6 Å². The molecule has 16 nitrogen and oxygen atoms in total. The summed E-state index contributed by atoms with van der Waals surface area (Å²) in [4.78, 5) is 72.1. The van der Waals surface area contributed by atoms with E-state index in [9.17, 15) is 24.0 Å². The van der Waals surface area contributed by atoms with Crippen LogP contribution in [0.15, 0.2) is 109 Å². The van der Waals surface area contributed by atoms with Gasteiger partial charge in [0.2, 0.25) is 23.6 Å². The number of benzene rings is 4. The highest BCUT2D eigenvalue weighted by molar-refractivity contribution is 5.94. The molecule has 5 amide bonds. The van der Waals surface area contributed by atoms with Crippen LogP contribution >= 0.6 is 0 Å². The Morgan fingerprint density at radius 2 is 1.01 bits per heavy atom. The lowest BCUT2D eigenvalue weighted by molar-refractivity contribution is -0.130. The number of nitrogen functional groups attached to an aromatic ring is 2. The molecule has 0 bridgehead atoms. The van der Waals surface area contributed by atoms with E-state index in [2.05, 4.69) is 48.7 Å². The van der Waals surface area contributed by atoms with Crippen molar-refractivity contribution in [2.75, 3.05) is 11.5 Å². The van der Waals surface area contributed by atoms with Crippen molar-refractivity contribution in [3.05, 3.63) is 143 Å². The summed E-state index contributed by atoms with van der Waals surface area (Å²) >= 11 is 0. The fourth-order valence-corrected chi connectivity index (χ4v) is 8.87. The number of hydrogen-bond acceptors (Lipinski definition) is 11. The van der Waals surface area contributed by atoms with Gasteiger partial charge in [0.25, 0.3) is 0 Å². The molecule has 0 saturated heterocycles. The Morgan fingerprint density at radius 1 is 0.594 bits per heavy atom. The molecule has 69 heavy (non-hydrogen) atoms. The molecule has 16 heteroatoms. The monoisotopic (exact) mass is 934 g/mol. The molecule has 4 aromatic carbocycles. The van der Waals surface area contributed by atoms with Crippen molar-refractivity contribution < 1.29 is 28.7 Å². The van der Waals surface area contributed by atoms with E-state index >= 15 is 0 Å². The normalized spacial score (nSPS) is 15.0. The first-order valence-corrected chi connectivity index (χ1v) is 23.2. The Bertz CT molecular complexity index is 2810. The fourth-order valence-electron chi connectivity index (χ4n) is 8.87. The molecule has 0 saturated carbocycles. The molecular weight excluding hydrogens is 873 g/mol. The Balaban J connectivity index is 0.000000208. The van der Waals surface area contributed by atoms with Crippen LogP contribution in [0, 0.1) is 11.8 Å². The molecule has 0 aliphatic heterocycles. The topological polar surface area (TPSA) is 259 Å². The summed E-state index contributed by atoms with van der Waals surface area (Å²) in [5.41, 5.74) is 23.9. The van der Waals surface area contributed by atoms with Gasteiger partial charge in [0, 0.05) is 36.3 Å². The molecule has 4 atom stereocenters. The Kier molecular flexibility index (Phi) is 15.4. The fraction of sp³-hybridized carbons (Fsp3) is 0.340. The van der Waals surface area contributed by atoms with E-state index in [1.165, 1.54) is 11.1 Å². The second kappa shape index (κ2) is 21.6. The predicted octanol–water partition coefficient (Wildman–Crippen LogP) is 4.93. The maximum atomic E-state index is 13.4. The number of pyridine rings is 2.